The fraction of sp³-hybridized carbons (Fsp3) is 0.833. The predicted octanol–water partition coefficient (Wildman–Crippen LogP) is 0.404. The van der Waals surface area contributed by atoms with Crippen LogP contribution in [0.15, 0.2) is 0 Å². The smallest absolute Gasteiger partial charge is 0.306 e. The van der Waals surface area contributed by atoms with Gasteiger partial charge >= 0.3 is 5.97 Å². The SMILES string of the molecule is CN1CCCC1C(=O)N1CCC(C(=O)O)CC1. The van der Waals surface area contributed by atoms with Crippen LogP contribution in [0.5, 0.6) is 0 Å². The van der Waals surface area contributed by atoms with Crippen LogP contribution in [0.1, 0.15) is 25.7 Å². The van der Waals surface area contributed by atoms with Crippen molar-refractivity contribution in [2.24, 2.45) is 5.92 Å². The second-order valence-corrected chi connectivity index (χ2v) is 5.08. The first-order valence-corrected chi connectivity index (χ1v) is 6.31. The summed E-state index contributed by atoms with van der Waals surface area (Å²) >= 11 is 0. The number of aliphatic carboxylic acids is 1. The highest BCUT2D eigenvalue weighted by atomic mass is 16.4. The summed E-state index contributed by atoms with van der Waals surface area (Å²) in [4.78, 5) is 27.0. The molecule has 0 saturated carbocycles. The number of carboxylic acids is 1. The van der Waals surface area contributed by atoms with Crippen molar-refractivity contribution in [1.29, 1.82) is 0 Å². The van der Waals surface area contributed by atoms with E-state index in [0.717, 1.165) is 19.4 Å². The third kappa shape index (κ3) is 2.60. The molecule has 0 aromatic heterocycles. The Hall–Kier alpha value is -1.10. The van der Waals surface area contributed by atoms with Crippen molar-refractivity contribution in [3.8, 4) is 0 Å². The van der Waals surface area contributed by atoms with Crippen molar-refractivity contribution < 1.29 is 14.7 Å². The molecule has 1 amide bonds. The van der Waals surface area contributed by atoms with E-state index in [-0.39, 0.29) is 17.9 Å². The van der Waals surface area contributed by atoms with E-state index in [9.17, 15) is 9.59 Å². The van der Waals surface area contributed by atoms with Gasteiger partial charge in [-0.2, -0.15) is 0 Å². The van der Waals surface area contributed by atoms with Crippen molar-refractivity contribution in [3.63, 3.8) is 0 Å². The van der Waals surface area contributed by atoms with Gasteiger partial charge in [-0.15, -0.1) is 0 Å². The maximum atomic E-state index is 12.2. The zero-order valence-corrected chi connectivity index (χ0v) is 10.3. The molecule has 0 radical (unpaired) electrons. The number of carboxylic acid groups (broad SMARTS) is 1. The largest absolute Gasteiger partial charge is 0.481 e. The average Bonchev–Trinajstić information content (AvgIpc) is 2.74. The lowest BCUT2D eigenvalue weighted by molar-refractivity contribution is -0.146. The monoisotopic (exact) mass is 240 g/mol. The van der Waals surface area contributed by atoms with E-state index >= 15 is 0 Å². The van der Waals surface area contributed by atoms with Crippen molar-refractivity contribution >= 4 is 11.9 Å². The second kappa shape index (κ2) is 5.04. The van der Waals surface area contributed by atoms with Crippen LogP contribution < -0.4 is 0 Å². The van der Waals surface area contributed by atoms with Crippen LogP contribution in [0.2, 0.25) is 0 Å². The molecule has 0 aliphatic carbocycles. The summed E-state index contributed by atoms with van der Waals surface area (Å²) in [5.74, 6) is -0.802. The topological polar surface area (TPSA) is 60.9 Å². The minimum absolute atomic E-state index is 0.0244. The van der Waals surface area contributed by atoms with E-state index in [0.29, 0.717) is 25.9 Å². The maximum Gasteiger partial charge on any atom is 0.306 e. The molecule has 2 rings (SSSR count). The van der Waals surface area contributed by atoms with E-state index in [1.165, 1.54) is 0 Å². The van der Waals surface area contributed by atoms with Gasteiger partial charge in [0.15, 0.2) is 0 Å². The first-order valence-electron chi connectivity index (χ1n) is 6.31. The predicted molar refractivity (Wildman–Crippen MR) is 62.6 cm³/mol. The summed E-state index contributed by atoms with van der Waals surface area (Å²) in [5, 5.41) is 8.91. The Morgan fingerprint density at radius 3 is 2.24 bits per heavy atom. The van der Waals surface area contributed by atoms with E-state index in [2.05, 4.69) is 4.90 Å². The molecule has 17 heavy (non-hydrogen) atoms. The lowest BCUT2D eigenvalue weighted by Crippen LogP contribution is -2.48. The van der Waals surface area contributed by atoms with Gasteiger partial charge in [0.25, 0.3) is 0 Å². The molecule has 2 aliphatic rings. The Balaban J connectivity index is 1.88. The van der Waals surface area contributed by atoms with Gasteiger partial charge in [0.05, 0.1) is 12.0 Å². The Morgan fingerprint density at radius 1 is 1.12 bits per heavy atom. The van der Waals surface area contributed by atoms with Crippen LogP contribution in [0.3, 0.4) is 0 Å². The lowest BCUT2D eigenvalue weighted by atomic mass is 9.96. The molecule has 1 N–H and O–H groups in total. The quantitative estimate of drug-likeness (QED) is 0.759. The number of hydrogen-bond acceptors (Lipinski definition) is 3. The fourth-order valence-electron chi connectivity index (χ4n) is 2.78. The van der Waals surface area contributed by atoms with Gasteiger partial charge in [-0.1, -0.05) is 0 Å². The third-order valence-electron chi connectivity index (χ3n) is 3.96. The van der Waals surface area contributed by atoms with Crippen LogP contribution in [-0.4, -0.2) is 59.5 Å². The van der Waals surface area contributed by atoms with Crippen LogP contribution in [0.25, 0.3) is 0 Å². The Bertz CT molecular complexity index is 311. The van der Waals surface area contributed by atoms with E-state index < -0.39 is 5.97 Å². The Morgan fingerprint density at radius 2 is 1.76 bits per heavy atom. The molecule has 0 aromatic carbocycles. The minimum atomic E-state index is -0.727. The number of nitrogens with zero attached hydrogens (tertiary/aromatic N) is 2. The first-order chi connectivity index (χ1) is 8.09. The first kappa shape index (κ1) is 12.4. The average molecular weight is 240 g/mol. The standard InChI is InChI=1S/C12H20N2O3/c1-13-6-2-3-10(13)11(15)14-7-4-9(5-8-14)12(16)17/h9-10H,2-8H2,1H3,(H,16,17). The maximum absolute atomic E-state index is 12.2. The summed E-state index contributed by atoms with van der Waals surface area (Å²) in [7, 11) is 1.99. The number of amides is 1. The number of carbonyl (C=O) groups is 2. The minimum Gasteiger partial charge on any atom is -0.481 e. The molecule has 1 unspecified atom stereocenters. The normalized spacial score (nSPS) is 27.4. The second-order valence-electron chi connectivity index (χ2n) is 5.08. The van der Waals surface area contributed by atoms with E-state index in [4.69, 9.17) is 5.11 Å². The van der Waals surface area contributed by atoms with Gasteiger partial charge in [-0.3, -0.25) is 14.5 Å². The van der Waals surface area contributed by atoms with Crippen LogP contribution in [0, 0.1) is 5.92 Å². The number of carbonyl (C=O) groups excluding carboxylic acids is 1. The molecule has 0 aromatic rings. The number of hydrogen-bond donors (Lipinski definition) is 1. The Kier molecular flexibility index (Phi) is 3.66. The molecular weight excluding hydrogens is 220 g/mol. The molecule has 96 valence electrons. The summed E-state index contributed by atoms with van der Waals surface area (Å²) in [5.41, 5.74) is 0. The fourth-order valence-corrected chi connectivity index (χ4v) is 2.78. The lowest BCUT2D eigenvalue weighted by Gasteiger charge is -2.33. The van der Waals surface area contributed by atoms with Crippen LogP contribution in [-0.2, 0) is 9.59 Å². The highest BCUT2D eigenvalue weighted by Crippen LogP contribution is 2.22. The number of likely N-dealkylation sites (tertiary alicyclic amines) is 2. The molecule has 2 fully saturated rings. The van der Waals surface area contributed by atoms with Gasteiger partial charge in [-0.25, -0.2) is 0 Å². The van der Waals surface area contributed by atoms with Gasteiger partial charge in [0.1, 0.15) is 0 Å². The number of rotatable bonds is 2. The van der Waals surface area contributed by atoms with E-state index in [1.54, 1.807) is 0 Å². The summed E-state index contributed by atoms with van der Waals surface area (Å²) in [6.07, 6.45) is 3.21. The van der Waals surface area contributed by atoms with Gasteiger partial charge < -0.3 is 10.0 Å². The molecule has 0 bridgehead atoms. The summed E-state index contributed by atoms with van der Waals surface area (Å²) in [6.45, 7) is 2.18. The molecule has 2 heterocycles. The van der Waals surface area contributed by atoms with Crippen LogP contribution >= 0.6 is 0 Å². The highest BCUT2D eigenvalue weighted by Gasteiger charge is 2.34. The number of likely N-dealkylation sites (N-methyl/N-ethyl adjacent to an activating group) is 1. The van der Waals surface area contributed by atoms with E-state index in [1.807, 2.05) is 11.9 Å². The molecule has 5 nitrogen and oxygen atoms in total. The third-order valence-corrected chi connectivity index (χ3v) is 3.96. The molecule has 5 heteroatoms. The zero-order valence-electron chi connectivity index (χ0n) is 10.3. The molecular formula is C12H20N2O3. The van der Waals surface area contributed by atoms with Gasteiger partial charge in [0, 0.05) is 13.1 Å². The summed E-state index contributed by atoms with van der Waals surface area (Å²) < 4.78 is 0. The number of piperidine rings is 1. The van der Waals surface area contributed by atoms with Crippen molar-refractivity contribution in [3.05, 3.63) is 0 Å². The molecule has 0 spiro atoms. The molecule has 1 atom stereocenters. The summed E-state index contributed by atoms with van der Waals surface area (Å²) in [6, 6.07) is 0.0244. The van der Waals surface area contributed by atoms with Gasteiger partial charge in [-0.05, 0) is 39.3 Å². The zero-order chi connectivity index (χ0) is 12.4. The highest BCUT2D eigenvalue weighted by molar-refractivity contribution is 5.82. The van der Waals surface area contributed by atoms with Crippen molar-refractivity contribution in [2.45, 2.75) is 31.7 Å². The van der Waals surface area contributed by atoms with Crippen molar-refractivity contribution in [2.75, 3.05) is 26.7 Å². The van der Waals surface area contributed by atoms with Crippen LogP contribution in [0.4, 0.5) is 0 Å². The van der Waals surface area contributed by atoms with Crippen molar-refractivity contribution in [1.82, 2.24) is 9.80 Å². The molecule has 2 saturated heterocycles. The van der Waals surface area contributed by atoms with Gasteiger partial charge in [0.2, 0.25) is 5.91 Å². The Labute approximate surface area is 101 Å². The molecule has 2 aliphatic heterocycles.